The average Bonchev–Trinajstić information content (AvgIpc) is 2.44. The largest absolute Gasteiger partial charge is 0.480 e. The number of carboxylic acid groups (broad SMARTS) is 1. The maximum atomic E-state index is 11.9. The molecule has 3 N–H and O–H groups in total. The molecule has 0 aliphatic heterocycles. The fourth-order valence-corrected chi connectivity index (χ4v) is 2.38. The van der Waals surface area contributed by atoms with Crippen LogP contribution in [0.2, 0.25) is 0 Å². The van der Waals surface area contributed by atoms with Gasteiger partial charge >= 0.3 is 5.97 Å². The summed E-state index contributed by atoms with van der Waals surface area (Å²) in [5.74, 6) is -0.743. The summed E-state index contributed by atoms with van der Waals surface area (Å²) in [5, 5.41) is 13.6. The van der Waals surface area contributed by atoms with Gasteiger partial charge in [-0.1, -0.05) is 20.8 Å². The monoisotopic (exact) mass is 320 g/mol. The molecule has 0 radical (unpaired) electrons. The summed E-state index contributed by atoms with van der Waals surface area (Å²) in [5.41, 5.74) is 0.957. The Morgan fingerprint density at radius 3 is 2.22 bits per heavy atom. The second-order valence-electron chi connectivity index (χ2n) is 6.14. The van der Waals surface area contributed by atoms with Crippen LogP contribution in [0.15, 0.2) is 24.3 Å². The van der Waals surface area contributed by atoms with Gasteiger partial charge in [-0.2, -0.15) is 0 Å². The van der Waals surface area contributed by atoms with Crippen LogP contribution >= 0.6 is 0 Å². The molecule has 0 bridgehead atoms. The van der Waals surface area contributed by atoms with E-state index >= 15 is 0 Å². The van der Waals surface area contributed by atoms with E-state index in [1.807, 2.05) is 0 Å². The van der Waals surface area contributed by atoms with Crippen molar-refractivity contribution in [3.05, 3.63) is 29.8 Å². The van der Waals surface area contributed by atoms with Crippen LogP contribution in [0.3, 0.4) is 0 Å². The molecular formula is C17H24N2O4. The van der Waals surface area contributed by atoms with E-state index in [-0.39, 0.29) is 5.91 Å². The topological polar surface area (TPSA) is 95.5 Å². The number of hydrogen-bond donors (Lipinski definition) is 3. The minimum Gasteiger partial charge on any atom is -0.480 e. The van der Waals surface area contributed by atoms with E-state index < -0.39 is 18.4 Å². The average molecular weight is 320 g/mol. The van der Waals surface area contributed by atoms with Crippen molar-refractivity contribution in [3.63, 3.8) is 0 Å². The molecule has 0 saturated carbocycles. The lowest BCUT2D eigenvalue weighted by molar-refractivity contribution is -0.135. The van der Waals surface area contributed by atoms with E-state index in [4.69, 9.17) is 5.11 Å². The molecule has 23 heavy (non-hydrogen) atoms. The molecular weight excluding hydrogens is 296 g/mol. The molecule has 1 unspecified atom stereocenters. The molecule has 6 nitrogen and oxygen atoms in total. The van der Waals surface area contributed by atoms with Crippen LogP contribution in [0, 0.1) is 11.8 Å². The third kappa shape index (κ3) is 7.44. The van der Waals surface area contributed by atoms with Gasteiger partial charge < -0.3 is 15.7 Å². The van der Waals surface area contributed by atoms with E-state index in [1.54, 1.807) is 24.3 Å². The molecule has 1 rings (SSSR count). The maximum Gasteiger partial charge on any atom is 0.322 e. The van der Waals surface area contributed by atoms with Gasteiger partial charge in [-0.15, -0.1) is 0 Å². The van der Waals surface area contributed by atoms with Gasteiger partial charge in [0.05, 0.1) is 0 Å². The Hall–Kier alpha value is -2.37. The van der Waals surface area contributed by atoms with Gasteiger partial charge in [-0.05, 0) is 42.5 Å². The third-order valence-corrected chi connectivity index (χ3v) is 3.24. The maximum absolute atomic E-state index is 11.9. The Bertz CT molecular complexity index is 552. The number of anilines is 1. The molecule has 2 amide bonds. The molecule has 0 aromatic heterocycles. The minimum absolute atomic E-state index is 0.0544. The minimum atomic E-state index is -1.10. The molecule has 1 aromatic rings. The fraction of sp³-hybridized carbons (Fsp3) is 0.471. The number of rotatable bonds is 8. The Morgan fingerprint density at radius 1 is 1.09 bits per heavy atom. The highest BCUT2D eigenvalue weighted by atomic mass is 16.4. The predicted molar refractivity (Wildman–Crippen MR) is 88.3 cm³/mol. The predicted octanol–water partition coefficient (Wildman–Crippen LogP) is 2.51. The number of hydrogen-bond acceptors (Lipinski definition) is 3. The summed E-state index contributed by atoms with van der Waals surface area (Å²) in [7, 11) is 0. The number of nitrogens with one attached hydrogen (secondary N) is 2. The zero-order chi connectivity index (χ0) is 17.4. The molecule has 126 valence electrons. The fourth-order valence-electron chi connectivity index (χ4n) is 2.38. The first-order valence-corrected chi connectivity index (χ1v) is 7.67. The van der Waals surface area contributed by atoms with Crippen LogP contribution in [-0.2, 0) is 9.59 Å². The summed E-state index contributed by atoms with van der Waals surface area (Å²) >= 11 is 0. The summed E-state index contributed by atoms with van der Waals surface area (Å²) in [6, 6.07) is 6.34. The van der Waals surface area contributed by atoms with E-state index in [0.29, 0.717) is 29.5 Å². The Morgan fingerprint density at radius 2 is 1.70 bits per heavy atom. The van der Waals surface area contributed by atoms with Crippen molar-refractivity contribution in [2.45, 2.75) is 33.6 Å². The Kier molecular flexibility index (Phi) is 7.25. The lowest BCUT2D eigenvalue weighted by atomic mass is 9.96. The van der Waals surface area contributed by atoms with E-state index in [0.717, 1.165) is 6.42 Å². The number of carboxylic acids is 1. The summed E-state index contributed by atoms with van der Waals surface area (Å²) < 4.78 is 0. The van der Waals surface area contributed by atoms with Crippen LogP contribution in [0.5, 0.6) is 0 Å². The third-order valence-electron chi connectivity index (χ3n) is 3.24. The number of aliphatic carboxylic acids is 1. The van der Waals surface area contributed by atoms with Crippen LogP contribution in [0.1, 0.15) is 44.0 Å². The zero-order valence-corrected chi connectivity index (χ0v) is 13.8. The van der Waals surface area contributed by atoms with Crippen molar-refractivity contribution in [2.24, 2.45) is 11.8 Å². The van der Waals surface area contributed by atoms with Crippen molar-refractivity contribution in [2.75, 3.05) is 11.9 Å². The van der Waals surface area contributed by atoms with E-state index in [9.17, 15) is 14.4 Å². The molecule has 0 fully saturated rings. The molecule has 6 heteroatoms. The van der Waals surface area contributed by atoms with Crippen molar-refractivity contribution < 1.29 is 19.5 Å². The number of amides is 2. The number of benzene rings is 1. The summed E-state index contributed by atoms with van der Waals surface area (Å²) in [6.07, 6.45) is 1.45. The molecule has 0 aliphatic carbocycles. The van der Waals surface area contributed by atoms with Crippen LogP contribution in [0.4, 0.5) is 5.69 Å². The van der Waals surface area contributed by atoms with Crippen LogP contribution in [0.25, 0.3) is 0 Å². The molecule has 0 saturated heterocycles. The standard InChI is InChI=1S/C17H24N2O4/c1-11(2)8-12(3)9-15(20)19-14-6-4-13(5-7-14)17(23)18-10-16(21)22/h4-7,11-12H,8-10H2,1-3H3,(H,18,23)(H,19,20)(H,21,22). The van der Waals surface area contributed by atoms with Crippen molar-refractivity contribution in [1.29, 1.82) is 0 Å². The lowest BCUT2D eigenvalue weighted by Gasteiger charge is -2.13. The second kappa shape index (κ2) is 8.92. The SMILES string of the molecule is CC(C)CC(C)CC(=O)Nc1ccc(C(=O)NCC(=O)O)cc1. The van der Waals surface area contributed by atoms with E-state index in [1.165, 1.54) is 0 Å². The highest BCUT2D eigenvalue weighted by Gasteiger charge is 2.12. The van der Waals surface area contributed by atoms with Gasteiger partial charge in [0.2, 0.25) is 5.91 Å². The zero-order valence-electron chi connectivity index (χ0n) is 13.8. The van der Waals surface area contributed by atoms with E-state index in [2.05, 4.69) is 31.4 Å². The second-order valence-corrected chi connectivity index (χ2v) is 6.14. The molecule has 0 aliphatic rings. The first-order valence-electron chi connectivity index (χ1n) is 7.67. The molecule has 0 spiro atoms. The quantitative estimate of drug-likeness (QED) is 0.686. The summed E-state index contributed by atoms with van der Waals surface area (Å²) in [6.45, 7) is 5.88. The van der Waals surface area contributed by atoms with Gasteiger partial charge in [-0.3, -0.25) is 14.4 Å². The highest BCUT2D eigenvalue weighted by Crippen LogP contribution is 2.16. The normalized spacial score (nSPS) is 11.8. The Balaban J connectivity index is 2.51. The molecule has 1 atom stereocenters. The first kappa shape index (κ1) is 18.7. The van der Waals surface area contributed by atoms with Crippen LogP contribution < -0.4 is 10.6 Å². The van der Waals surface area contributed by atoms with Gasteiger partial charge in [0.1, 0.15) is 6.54 Å². The summed E-state index contributed by atoms with van der Waals surface area (Å²) in [4.78, 5) is 34.0. The van der Waals surface area contributed by atoms with Gasteiger partial charge in [0.25, 0.3) is 5.91 Å². The molecule has 1 aromatic carbocycles. The van der Waals surface area contributed by atoms with Crippen molar-refractivity contribution in [3.8, 4) is 0 Å². The Labute approximate surface area is 136 Å². The number of carbonyl (C=O) groups excluding carboxylic acids is 2. The number of carbonyl (C=O) groups is 3. The van der Waals surface area contributed by atoms with Crippen LogP contribution in [-0.4, -0.2) is 29.4 Å². The lowest BCUT2D eigenvalue weighted by Crippen LogP contribution is -2.29. The van der Waals surface area contributed by atoms with Gasteiger partial charge in [-0.25, -0.2) is 0 Å². The van der Waals surface area contributed by atoms with Crippen molar-refractivity contribution >= 4 is 23.5 Å². The van der Waals surface area contributed by atoms with Crippen molar-refractivity contribution in [1.82, 2.24) is 5.32 Å². The molecule has 0 heterocycles. The van der Waals surface area contributed by atoms with Gasteiger partial charge in [0.15, 0.2) is 0 Å². The highest BCUT2D eigenvalue weighted by molar-refractivity contribution is 5.97. The first-order chi connectivity index (χ1) is 10.8. The smallest absolute Gasteiger partial charge is 0.322 e. The van der Waals surface area contributed by atoms with Gasteiger partial charge in [0, 0.05) is 17.7 Å².